The molecule has 2 heterocycles. The molecule has 1 saturated carbocycles. The lowest BCUT2D eigenvalue weighted by Gasteiger charge is -2.32. The number of rotatable bonds is 9. The van der Waals surface area contributed by atoms with E-state index in [4.69, 9.17) is 13.9 Å². The van der Waals surface area contributed by atoms with Gasteiger partial charge >= 0.3 is 0 Å². The number of carbonyl (C=O) groups excluding carboxylic acids is 1. The minimum atomic E-state index is -0.00331. The van der Waals surface area contributed by atoms with E-state index < -0.39 is 0 Å². The average Bonchev–Trinajstić information content (AvgIpc) is 3.19. The molecule has 6 nitrogen and oxygen atoms in total. The van der Waals surface area contributed by atoms with Crippen LogP contribution in [0.1, 0.15) is 44.2 Å². The van der Waals surface area contributed by atoms with Crippen LogP contribution in [0.15, 0.2) is 28.9 Å². The van der Waals surface area contributed by atoms with Crippen molar-refractivity contribution in [2.24, 2.45) is 5.92 Å². The highest BCUT2D eigenvalue weighted by Crippen LogP contribution is 2.39. The number of nitrogens with zero attached hydrogens (tertiary/aromatic N) is 1. The van der Waals surface area contributed by atoms with Gasteiger partial charge in [0.1, 0.15) is 11.3 Å². The summed E-state index contributed by atoms with van der Waals surface area (Å²) in [4.78, 5) is 15.3. The predicted octanol–water partition coefficient (Wildman–Crippen LogP) is 3.51. The third-order valence-corrected chi connectivity index (χ3v) is 5.81. The summed E-state index contributed by atoms with van der Waals surface area (Å²) in [5.74, 6) is 1.19. The lowest BCUT2D eigenvalue weighted by atomic mass is 10.0. The maximum absolute atomic E-state index is 13.2. The van der Waals surface area contributed by atoms with E-state index in [2.05, 4.69) is 29.3 Å². The van der Waals surface area contributed by atoms with Crippen LogP contribution in [-0.2, 0) is 9.53 Å². The Morgan fingerprint density at radius 1 is 1.32 bits per heavy atom. The Bertz CT molecular complexity index is 808. The maximum Gasteiger partial charge on any atom is 0.227 e. The molecule has 1 amide bonds. The predicted molar refractivity (Wildman–Crippen MR) is 107 cm³/mol. The highest BCUT2D eigenvalue weighted by Gasteiger charge is 2.39. The second-order valence-corrected chi connectivity index (χ2v) is 7.89. The Hall–Kier alpha value is -2.05. The zero-order valence-corrected chi connectivity index (χ0v) is 16.8. The molecule has 1 aliphatic heterocycles. The zero-order valence-electron chi connectivity index (χ0n) is 16.8. The number of fused-ring (bicyclic) bond motifs is 1. The molecule has 28 heavy (non-hydrogen) atoms. The normalized spacial score (nSPS) is 20.4. The van der Waals surface area contributed by atoms with E-state index in [1.165, 1.54) is 0 Å². The number of benzene rings is 1. The Balaban J connectivity index is 1.58. The average molecular weight is 386 g/mol. The first-order valence-corrected chi connectivity index (χ1v) is 10.3. The van der Waals surface area contributed by atoms with Gasteiger partial charge in [0.25, 0.3) is 0 Å². The molecular weight excluding hydrogens is 356 g/mol. The molecule has 1 aromatic carbocycles. The molecule has 1 saturated heterocycles. The molecule has 152 valence electrons. The summed E-state index contributed by atoms with van der Waals surface area (Å²) in [6.45, 7) is 5.10. The van der Waals surface area contributed by atoms with Gasteiger partial charge < -0.3 is 24.1 Å². The SMILES string of the molecule is COCCCOc1cc(C(C)N(C(=O)C2CCNC2)C2CC2)cc2occc12. The molecule has 2 fully saturated rings. The van der Waals surface area contributed by atoms with Crippen molar-refractivity contribution in [3.8, 4) is 5.75 Å². The van der Waals surface area contributed by atoms with E-state index in [9.17, 15) is 4.79 Å². The summed E-state index contributed by atoms with van der Waals surface area (Å²) in [7, 11) is 1.69. The smallest absolute Gasteiger partial charge is 0.227 e. The second kappa shape index (κ2) is 8.53. The number of amides is 1. The Morgan fingerprint density at radius 3 is 2.89 bits per heavy atom. The second-order valence-electron chi connectivity index (χ2n) is 7.89. The highest BCUT2D eigenvalue weighted by molar-refractivity contribution is 5.85. The number of methoxy groups -OCH3 is 1. The Morgan fingerprint density at radius 2 is 2.18 bits per heavy atom. The lowest BCUT2D eigenvalue weighted by Crippen LogP contribution is -2.40. The van der Waals surface area contributed by atoms with Crippen molar-refractivity contribution in [2.75, 3.05) is 33.4 Å². The van der Waals surface area contributed by atoms with Crippen LogP contribution in [-0.4, -0.2) is 50.3 Å². The fourth-order valence-corrected chi connectivity index (χ4v) is 4.08. The quantitative estimate of drug-likeness (QED) is 0.668. The van der Waals surface area contributed by atoms with E-state index >= 15 is 0 Å². The molecule has 1 N–H and O–H groups in total. The maximum atomic E-state index is 13.2. The van der Waals surface area contributed by atoms with Gasteiger partial charge in [-0.25, -0.2) is 0 Å². The standard InChI is InChI=1S/C22H30N2O4/c1-15(24(18-4-5-18)22(25)16-6-8-23-14-16)17-12-20(27-10-3-9-26-2)19-7-11-28-21(19)13-17/h7,11-13,15-16,18,23H,3-6,8-10,14H2,1-2H3. The molecule has 6 heteroatoms. The number of ether oxygens (including phenoxy) is 2. The highest BCUT2D eigenvalue weighted by atomic mass is 16.5. The van der Waals surface area contributed by atoms with Crippen LogP contribution >= 0.6 is 0 Å². The van der Waals surface area contributed by atoms with E-state index in [-0.39, 0.29) is 17.9 Å². The van der Waals surface area contributed by atoms with E-state index in [0.29, 0.717) is 19.3 Å². The minimum absolute atomic E-state index is 0.00331. The molecule has 0 bridgehead atoms. The third kappa shape index (κ3) is 4.03. The minimum Gasteiger partial charge on any atom is -0.493 e. The van der Waals surface area contributed by atoms with Gasteiger partial charge in [0.2, 0.25) is 5.91 Å². The van der Waals surface area contributed by atoms with Gasteiger partial charge in [-0.2, -0.15) is 0 Å². The third-order valence-electron chi connectivity index (χ3n) is 5.81. The summed E-state index contributed by atoms with van der Waals surface area (Å²) in [6.07, 6.45) is 5.64. The van der Waals surface area contributed by atoms with Crippen molar-refractivity contribution in [2.45, 2.75) is 44.7 Å². The Labute approximate surface area is 166 Å². The van der Waals surface area contributed by atoms with Crippen LogP contribution in [0.2, 0.25) is 0 Å². The fourth-order valence-electron chi connectivity index (χ4n) is 4.08. The van der Waals surface area contributed by atoms with E-state index in [0.717, 1.165) is 61.1 Å². The Kier molecular flexibility index (Phi) is 5.87. The van der Waals surface area contributed by atoms with Crippen molar-refractivity contribution in [3.05, 3.63) is 30.0 Å². The topological polar surface area (TPSA) is 63.9 Å². The van der Waals surface area contributed by atoms with E-state index in [1.807, 2.05) is 6.07 Å². The van der Waals surface area contributed by atoms with Crippen LogP contribution in [0.3, 0.4) is 0 Å². The van der Waals surface area contributed by atoms with Crippen LogP contribution in [0.25, 0.3) is 11.0 Å². The summed E-state index contributed by atoms with van der Waals surface area (Å²) < 4.78 is 16.8. The van der Waals surface area contributed by atoms with Gasteiger partial charge in [0.15, 0.2) is 0 Å². The summed E-state index contributed by atoms with van der Waals surface area (Å²) in [6, 6.07) is 6.42. The lowest BCUT2D eigenvalue weighted by molar-refractivity contribution is -0.137. The number of carbonyl (C=O) groups is 1. The van der Waals surface area contributed by atoms with Gasteiger partial charge in [-0.05, 0) is 56.5 Å². The van der Waals surface area contributed by atoms with Gasteiger partial charge in [-0.1, -0.05) is 0 Å². The molecule has 2 aliphatic rings. The molecule has 2 unspecified atom stereocenters. The van der Waals surface area contributed by atoms with Crippen molar-refractivity contribution < 1.29 is 18.7 Å². The number of nitrogens with one attached hydrogen (secondary N) is 1. The first-order chi connectivity index (χ1) is 13.7. The first kappa shape index (κ1) is 19.3. The van der Waals surface area contributed by atoms with Crippen molar-refractivity contribution in [1.82, 2.24) is 10.2 Å². The molecular formula is C22H30N2O4. The van der Waals surface area contributed by atoms with E-state index in [1.54, 1.807) is 13.4 Å². The molecule has 2 aromatic rings. The van der Waals surface area contributed by atoms with Gasteiger partial charge in [-0.15, -0.1) is 0 Å². The van der Waals surface area contributed by atoms with Crippen molar-refractivity contribution >= 4 is 16.9 Å². The summed E-state index contributed by atoms with van der Waals surface area (Å²) in [5.41, 5.74) is 1.87. The number of hydrogen-bond acceptors (Lipinski definition) is 5. The largest absolute Gasteiger partial charge is 0.493 e. The molecule has 1 aliphatic carbocycles. The van der Waals surface area contributed by atoms with Gasteiger partial charge in [-0.3, -0.25) is 4.79 Å². The van der Waals surface area contributed by atoms with Gasteiger partial charge in [0, 0.05) is 32.7 Å². The van der Waals surface area contributed by atoms with Crippen molar-refractivity contribution in [1.29, 1.82) is 0 Å². The number of hydrogen-bond donors (Lipinski definition) is 1. The van der Waals surface area contributed by atoms with Gasteiger partial charge in [0.05, 0.1) is 30.2 Å². The molecule has 0 radical (unpaired) electrons. The number of furan rings is 1. The van der Waals surface area contributed by atoms with Crippen LogP contribution < -0.4 is 10.1 Å². The van der Waals surface area contributed by atoms with Crippen LogP contribution in [0.5, 0.6) is 5.75 Å². The van der Waals surface area contributed by atoms with Crippen LogP contribution in [0, 0.1) is 5.92 Å². The zero-order chi connectivity index (χ0) is 19.5. The van der Waals surface area contributed by atoms with Crippen LogP contribution in [0.4, 0.5) is 0 Å². The molecule has 2 atom stereocenters. The molecule has 1 aromatic heterocycles. The summed E-state index contributed by atoms with van der Waals surface area (Å²) in [5, 5.41) is 4.29. The fraction of sp³-hybridized carbons (Fsp3) is 0.591. The monoisotopic (exact) mass is 386 g/mol. The first-order valence-electron chi connectivity index (χ1n) is 10.3. The molecule has 4 rings (SSSR count). The molecule has 0 spiro atoms. The summed E-state index contributed by atoms with van der Waals surface area (Å²) >= 11 is 0. The van der Waals surface area contributed by atoms with Crippen molar-refractivity contribution in [3.63, 3.8) is 0 Å².